The SMILES string of the molecule is O=C(O)c1ccc(N2C(=O)CC(Nc3ccccc3Cl)C2=O)cc1. The second kappa shape index (κ2) is 6.33. The molecule has 1 saturated heterocycles. The molecule has 2 amide bonds. The van der Waals surface area contributed by atoms with E-state index in [4.69, 9.17) is 16.7 Å². The van der Waals surface area contributed by atoms with Gasteiger partial charge in [0.05, 0.1) is 28.4 Å². The summed E-state index contributed by atoms with van der Waals surface area (Å²) in [6.07, 6.45) is 0.00470. The van der Waals surface area contributed by atoms with Crippen molar-refractivity contribution in [3.05, 3.63) is 59.1 Å². The molecule has 1 fully saturated rings. The molecule has 3 rings (SSSR count). The van der Waals surface area contributed by atoms with Gasteiger partial charge in [0.15, 0.2) is 0 Å². The van der Waals surface area contributed by atoms with Gasteiger partial charge < -0.3 is 10.4 Å². The highest BCUT2D eigenvalue weighted by Gasteiger charge is 2.39. The second-order valence-corrected chi connectivity index (χ2v) is 5.71. The average molecular weight is 345 g/mol. The van der Waals surface area contributed by atoms with E-state index >= 15 is 0 Å². The molecule has 1 aliphatic rings. The van der Waals surface area contributed by atoms with Gasteiger partial charge in [0, 0.05) is 0 Å². The molecule has 0 saturated carbocycles. The first kappa shape index (κ1) is 16.0. The van der Waals surface area contributed by atoms with Crippen molar-refractivity contribution in [2.45, 2.75) is 12.5 Å². The van der Waals surface area contributed by atoms with E-state index in [1.807, 2.05) is 0 Å². The summed E-state index contributed by atoms with van der Waals surface area (Å²) in [6.45, 7) is 0. The Bertz CT molecular complexity index is 820. The minimum atomic E-state index is -1.07. The first-order valence-corrected chi connectivity index (χ1v) is 7.56. The van der Waals surface area contributed by atoms with Crippen LogP contribution in [0.2, 0.25) is 5.02 Å². The third-order valence-electron chi connectivity index (χ3n) is 3.72. The lowest BCUT2D eigenvalue weighted by molar-refractivity contribution is -0.121. The molecular formula is C17H13ClN2O4. The zero-order chi connectivity index (χ0) is 17.3. The minimum absolute atomic E-state index is 0.00470. The number of para-hydroxylation sites is 1. The highest BCUT2D eigenvalue weighted by molar-refractivity contribution is 6.33. The zero-order valence-corrected chi connectivity index (χ0v) is 13.2. The number of carbonyl (C=O) groups is 3. The number of anilines is 2. The number of nitrogens with zero attached hydrogens (tertiary/aromatic N) is 1. The maximum absolute atomic E-state index is 12.5. The molecule has 0 spiro atoms. The molecule has 0 radical (unpaired) electrons. The van der Waals surface area contributed by atoms with E-state index in [0.29, 0.717) is 16.4 Å². The molecule has 122 valence electrons. The van der Waals surface area contributed by atoms with Gasteiger partial charge in [0.2, 0.25) is 5.91 Å². The van der Waals surface area contributed by atoms with Gasteiger partial charge >= 0.3 is 5.97 Å². The van der Waals surface area contributed by atoms with Crippen molar-refractivity contribution >= 4 is 40.8 Å². The number of rotatable bonds is 4. The molecule has 2 N–H and O–H groups in total. The summed E-state index contributed by atoms with van der Waals surface area (Å²) in [5, 5.41) is 12.3. The van der Waals surface area contributed by atoms with Crippen LogP contribution >= 0.6 is 11.6 Å². The van der Waals surface area contributed by atoms with Crippen LogP contribution in [0.25, 0.3) is 0 Å². The Balaban J connectivity index is 1.81. The van der Waals surface area contributed by atoms with Gasteiger partial charge in [-0.25, -0.2) is 9.69 Å². The van der Waals surface area contributed by atoms with Crippen LogP contribution in [0.5, 0.6) is 0 Å². The van der Waals surface area contributed by atoms with E-state index in [9.17, 15) is 14.4 Å². The topological polar surface area (TPSA) is 86.7 Å². The molecule has 1 heterocycles. The van der Waals surface area contributed by atoms with Gasteiger partial charge in [-0.05, 0) is 36.4 Å². The summed E-state index contributed by atoms with van der Waals surface area (Å²) in [4.78, 5) is 36.7. The van der Waals surface area contributed by atoms with Crippen LogP contribution in [0, 0.1) is 0 Å². The van der Waals surface area contributed by atoms with Gasteiger partial charge in [-0.15, -0.1) is 0 Å². The Labute approximate surface area is 142 Å². The van der Waals surface area contributed by atoms with E-state index in [2.05, 4.69) is 5.32 Å². The largest absolute Gasteiger partial charge is 0.478 e. The number of benzene rings is 2. The monoisotopic (exact) mass is 344 g/mol. The first-order chi connectivity index (χ1) is 11.5. The van der Waals surface area contributed by atoms with Crippen molar-refractivity contribution in [2.75, 3.05) is 10.2 Å². The van der Waals surface area contributed by atoms with Gasteiger partial charge in [0.1, 0.15) is 6.04 Å². The van der Waals surface area contributed by atoms with Crippen molar-refractivity contribution in [3.63, 3.8) is 0 Å². The fraction of sp³-hybridized carbons (Fsp3) is 0.118. The maximum Gasteiger partial charge on any atom is 0.335 e. The lowest BCUT2D eigenvalue weighted by atomic mass is 10.2. The molecule has 0 bridgehead atoms. The Morgan fingerprint density at radius 2 is 1.79 bits per heavy atom. The van der Waals surface area contributed by atoms with Crippen LogP contribution in [-0.4, -0.2) is 28.9 Å². The lowest BCUT2D eigenvalue weighted by Crippen LogP contribution is -2.34. The molecule has 7 heteroatoms. The lowest BCUT2D eigenvalue weighted by Gasteiger charge is -2.16. The molecule has 2 aromatic carbocycles. The van der Waals surface area contributed by atoms with Crippen LogP contribution < -0.4 is 10.2 Å². The summed E-state index contributed by atoms with van der Waals surface area (Å²) in [5.74, 6) is -1.82. The van der Waals surface area contributed by atoms with Gasteiger partial charge in [0.25, 0.3) is 5.91 Å². The number of halogens is 1. The van der Waals surface area contributed by atoms with Crippen LogP contribution in [-0.2, 0) is 9.59 Å². The minimum Gasteiger partial charge on any atom is -0.478 e. The molecule has 1 unspecified atom stereocenters. The fourth-order valence-electron chi connectivity index (χ4n) is 2.54. The summed E-state index contributed by atoms with van der Waals surface area (Å²) in [5.41, 5.74) is 1.01. The normalized spacial score (nSPS) is 17.2. The van der Waals surface area contributed by atoms with E-state index in [0.717, 1.165) is 4.90 Å². The fourth-order valence-corrected chi connectivity index (χ4v) is 2.73. The van der Waals surface area contributed by atoms with E-state index in [1.54, 1.807) is 24.3 Å². The number of aromatic carboxylic acids is 1. The summed E-state index contributed by atoms with van der Waals surface area (Å²) < 4.78 is 0. The number of amides is 2. The maximum atomic E-state index is 12.5. The molecule has 1 aliphatic heterocycles. The van der Waals surface area contributed by atoms with Crippen LogP contribution in [0.3, 0.4) is 0 Å². The Morgan fingerprint density at radius 3 is 2.42 bits per heavy atom. The summed E-state index contributed by atoms with van der Waals surface area (Å²) in [7, 11) is 0. The van der Waals surface area contributed by atoms with Crippen molar-refractivity contribution in [2.24, 2.45) is 0 Å². The Morgan fingerprint density at radius 1 is 1.12 bits per heavy atom. The predicted octanol–water partition coefficient (Wildman–Crippen LogP) is 2.78. The van der Waals surface area contributed by atoms with Gasteiger partial charge in [-0.3, -0.25) is 9.59 Å². The second-order valence-electron chi connectivity index (χ2n) is 5.30. The molecule has 24 heavy (non-hydrogen) atoms. The van der Waals surface area contributed by atoms with Crippen LogP contribution in [0.15, 0.2) is 48.5 Å². The van der Waals surface area contributed by atoms with E-state index in [-0.39, 0.29) is 17.9 Å². The Hall–Kier alpha value is -2.86. The zero-order valence-electron chi connectivity index (χ0n) is 12.4. The molecular weight excluding hydrogens is 332 g/mol. The summed E-state index contributed by atoms with van der Waals surface area (Å²) >= 11 is 6.06. The number of hydrogen-bond acceptors (Lipinski definition) is 4. The third kappa shape index (κ3) is 2.96. The quantitative estimate of drug-likeness (QED) is 0.833. The van der Waals surface area contributed by atoms with Crippen LogP contribution in [0.4, 0.5) is 11.4 Å². The molecule has 6 nitrogen and oxygen atoms in total. The van der Waals surface area contributed by atoms with Gasteiger partial charge in [-0.1, -0.05) is 23.7 Å². The van der Waals surface area contributed by atoms with Crippen molar-refractivity contribution in [3.8, 4) is 0 Å². The predicted molar refractivity (Wildman–Crippen MR) is 89.4 cm³/mol. The number of nitrogens with one attached hydrogen (secondary N) is 1. The molecule has 0 aliphatic carbocycles. The van der Waals surface area contributed by atoms with Gasteiger partial charge in [-0.2, -0.15) is 0 Å². The van der Waals surface area contributed by atoms with Crippen molar-refractivity contribution < 1.29 is 19.5 Å². The van der Waals surface area contributed by atoms with E-state index < -0.39 is 17.9 Å². The van der Waals surface area contributed by atoms with Crippen LogP contribution in [0.1, 0.15) is 16.8 Å². The first-order valence-electron chi connectivity index (χ1n) is 7.18. The third-order valence-corrected chi connectivity index (χ3v) is 4.05. The van der Waals surface area contributed by atoms with Crippen molar-refractivity contribution in [1.29, 1.82) is 0 Å². The number of carboxylic acids is 1. The summed E-state index contributed by atoms with van der Waals surface area (Å²) in [6, 6.07) is 11.8. The number of hydrogen-bond donors (Lipinski definition) is 2. The van der Waals surface area contributed by atoms with E-state index in [1.165, 1.54) is 24.3 Å². The number of carboxylic acid groups (broad SMARTS) is 1. The van der Waals surface area contributed by atoms with Crippen molar-refractivity contribution in [1.82, 2.24) is 0 Å². The molecule has 1 atom stereocenters. The molecule has 0 aromatic heterocycles. The molecule has 2 aromatic rings. The highest BCUT2D eigenvalue weighted by atomic mass is 35.5. The number of carbonyl (C=O) groups excluding carboxylic acids is 2. The Kier molecular flexibility index (Phi) is 4.22. The number of imide groups is 1. The average Bonchev–Trinajstić information content (AvgIpc) is 2.84. The highest BCUT2D eigenvalue weighted by Crippen LogP contribution is 2.27. The standard InChI is InChI=1S/C17H13ClN2O4/c18-12-3-1-2-4-13(12)19-14-9-15(21)20(16(14)22)11-7-5-10(6-8-11)17(23)24/h1-8,14,19H,9H2,(H,23,24). The smallest absolute Gasteiger partial charge is 0.335 e.